The first-order valence-electron chi connectivity index (χ1n) is 11.1. The lowest BCUT2D eigenvalue weighted by Gasteiger charge is -2.34. The molecule has 2 atom stereocenters. The van der Waals surface area contributed by atoms with Gasteiger partial charge in [-0.1, -0.05) is 24.3 Å². The third-order valence-electron chi connectivity index (χ3n) is 6.65. The second-order valence-electron chi connectivity index (χ2n) is 8.63. The van der Waals surface area contributed by atoms with Crippen molar-refractivity contribution in [3.05, 3.63) is 58.7 Å². The van der Waals surface area contributed by atoms with Gasteiger partial charge in [-0.05, 0) is 66.5 Å². The number of aliphatic hydroxyl groups excluding tert-OH is 1. The van der Waals surface area contributed by atoms with E-state index in [1.807, 2.05) is 0 Å². The number of nitrogens with one attached hydrogen (secondary N) is 1. The van der Waals surface area contributed by atoms with Gasteiger partial charge in [0.2, 0.25) is 0 Å². The SMILES string of the molecule is COc1cc2c(cc1OC)C(NCC1(CO)CCc3ccccc31)CCC2.O=C(O)C(F)(F)F. The van der Waals surface area contributed by atoms with E-state index in [4.69, 9.17) is 19.4 Å². The topological polar surface area (TPSA) is 88.0 Å². The maximum absolute atomic E-state index is 10.6. The maximum atomic E-state index is 10.6. The molecule has 0 amide bonds. The van der Waals surface area contributed by atoms with E-state index < -0.39 is 12.1 Å². The quantitative estimate of drug-likeness (QED) is 0.574. The number of rotatable bonds is 6. The lowest BCUT2D eigenvalue weighted by Crippen LogP contribution is -2.41. The van der Waals surface area contributed by atoms with Crippen molar-refractivity contribution in [3.8, 4) is 11.5 Å². The Balaban J connectivity index is 0.000000406. The number of benzene rings is 2. The fourth-order valence-electron chi connectivity index (χ4n) is 4.83. The van der Waals surface area contributed by atoms with Crippen LogP contribution >= 0.6 is 0 Å². The summed E-state index contributed by atoms with van der Waals surface area (Å²) in [6.45, 7) is 0.974. The molecule has 4 rings (SSSR count). The molecule has 0 fully saturated rings. The molecule has 0 heterocycles. The zero-order valence-electron chi connectivity index (χ0n) is 19.2. The van der Waals surface area contributed by atoms with E-state index in [0.717, 1.165) is 50.1 Å². The number of fused-ring (bicyclic) bond motifs is 2. The predicted octanol–water partition coefficient (Wildman–Crippen LogP) is 4.18. The van der Waals surface area contributed by atoms with E-state index in [-0.39, 0.29) is 18.1 Å². The van der Waals surface area contributed by atoms with Crippen molar-refractivity contribution in [2.75, 3.05) is 27.4 Å². The van der Waals surface area contributed by atoms with Crippen LogP contribution in [0.1, 0.15) is 47.6 Å². The summed E-state index contributed by atoms with van der Waals surface area (Å²) < 4.78 is 42.7. The molecule has 34 heavy (non-hydrogen) atoms. The summed E-state index contributed by atoms with van der Waals surface area (Å²) >= 11 is 0. The predicted molar refractivity (Wildman–Crippen MR) is 120 cm³/mol. The normalized spacial score (nSPS) is 21.1. The number of methoxy groups -OCH3 is 2. The summed E-state index contributed by atoms with van der Waals surface area (Å²) in [6, 6.07) is 13.1. The molecule has 2 unspecified atom stereocenters. The molecule has 2 aliphatic carbocycles. The summed E-state index contributed by atoms with van der Waals surface area (Å²) in [5.74, 6) is -1.17. The van der Waals surface area contributed by atoms with Crippen molar-refractivity contribution in [2.45, 2.75) is 49.7 Å². The number of aliphatic carboxylic acids is 1. The molecule has 0 saturated heterocycles. The Morgan fingerprint density at radius 2 is 1.76 bits per heavy atom. The van der Waals surface area contributed by atoms with Crippen LogP contribution in [0.15, 0.2) is 36.4 Å². The van der Waals surface area contributed by atoms with Gasteiger partial charge >= 0.3 is 12.1 Å². The molecule has 0 aromatic heterocycles. The summed E-state index contributed by atoms with van der Waals surface area (Å²) in [7, 11) is 3.37. The minimum atomic E-state index is -5.08. The Morgan fingerprint density at radius 1 is 1.12 bits per heavy atom. The monoisotopic (exact) mass is 481 g/mol. The average Bonchev–Trinajstić information content (AvgIpc) is 3.20. The van der Waals surface area contributed by atoms with Crippen LogP contribution in [-0.4, -0.2) is 49.7 Å². The van der Waals surface area contributed by atoms with Gasteiger partial charge in [0.1, 0.15) is 0 Å². The smallest absolute Gasteiger partial charge is 0.490 e. The summed E-state index contributed by atoms with van der Waals surface area (Å²) in [5.41, 5.74) is 5.15. The van der Waals surface area contributed by atoms with Crippen molar-refractivity contribution in [1.82, 2.24) is 5.32 Å². The van der Waals surface area contributed by atoms with Crippen molar-refractivity contribution in [3.63, 3.8) is 0 Å². The number of carboxylic acid groups (broad SMARTS) is 1. The van der Waals surface area contributed by atoms with Crippen LogP contribution in [0.3, 0.4) is 0 Å². The molecule has 2 aromatic carbocycles. The fraction of sp³-hybridized carbons (Fsp3) is 0.480. The van der Waals surface area contributed by atoms with Crippen LogP contribution in [0, 0.1) is 0 Å². The van der Waals surface area contributed by atoms with E-state index in [0.29, 0.717) is 0 Å². The highest BCUT2D eigenvalue weighted by Gasteiger charge is 2.39. The molecule has 3 N–H and O–H groups in total. The molecule has 0 aliphatic heterocycles. The van der Waals surface area contributed by atoms with Crippen molar-refractivity contribution in [2.24, 2.45) is 0 Å². The highest BCUT2D eigenvalue weighted by atomic mass is 19.4. The molecule has 0 radical (unpaired) electrons. The van der Waals surface area contributed by atoms with Gasteiger partial charge in [0.05, 0.1) is 20.8 Å². The number of hydrogen-bond acceptors (Lipinski definition) is 5. The van der Waals surface area contributed by atoms with Crippen LogP contribution in [0.2, 0.25) is 0 Å². The molecule has 0 bridgehead atoms. The Morgan fingerprint density at radius 3 is 2.38 bits per heavy atom. The molecule has 2 aromatic rings. The van der Waals surface area contributed by atoms with Crippen LogP contribution in [-0.2, 0) is 23.1 Å². The zero-order chi connectivity index (χ0) is 24.9. The highest BCUT2D eigenvalue weighted by molar-refractivity contribution is 5.73. The molecule has 186 valence electrons. The standard InChI is InChI=1S/C23H29NO3.C2HF3O2/c1-26-21-12-17-7-5-9-20(18(17)13-22(21)27-2)24-14-23(15-25)11-10-16-6-3-4-8-19(16)23;3-2(4,5)1(6)7/h3-4,6,8,12-13,20,24-25H,5,7,9-11,14-15H2,1-2H3;(H,6,7). The molecular weight excluding hydrogens is 451 g/mol. The Kier molecular flexibility index (Phi) is 8.09. The molecular formula is C25H30F3NO5. The van der Waals surface area contributed by atoms with Gasteiger partial charge in [0.15, 0.2) is 11.5 Å². The summed E-state index contributed by atoms with van der Waals surface area (Å²) in [4.78, 5) is 8.90. The number of ether oxygens (including phenoxy) is 2. The van der Waals surface area contributed by atoms with Gasteiger partial charge in [0.25, 0.3) is 0 Å². The minimum Gasteiger partial charge on any atom is -0.493 e. The van der Waals surface area contributed by atoms with Gasteiger partial charge in [0, 0.05) is 18.0 Å². The number of halogens is 3. The molecule has 2 aliphatic rings. The number of carboxylic acids is 1. The van der Waals surface area contributed by atoms with Crippen LogP contribution in [0.4, 0.5) is 13.2 Å². The average molecular weight is 482 g/mol. The van der Waals surface area contributed by atoms with Crippen molar-refractivity contribution < 1.29 is 37.7 Å². The Bertz CT molecular complexity index is 1010. The van der Waals surface area contributed by atoms with Crippen LogP contribution < -0.4 is 14.8 Å². The number of carbonyl (C=O) groups is 1. The van der Waals surface area contributed by atoms with Gasteiger partial charge in [-0.2, -0.15) is 13.2 Å². The van der Waals surface area contributed by atoms with E-state index in [1.54, 1.807) is 14.2 Å². The second kappa shape index (κ2) is 10.7. The van der Waals surface area contributed by atoms with Crippen LogP contribution in [0.25, 0.3) is 0 Å². The Hall–Kier alpha value is -2.78. The first-order chi connectivity index (χ1) is 16.1. The van der Waals surface area contributed by atoms with Crippen LogP contribution in [0.5, 0.6) is 11.5 Å². The Labute approximate surface area is 196 Å². The third-order valence-corrected chi connectivity index (χ3v) is 6.65. The summed E-state index contributed by atoms with van der Waals surface area (Å²) in [5, 5.41) is 21.2. The van der Waals surface area contributed by atoms with E-state index in [1.165, 1.54) is 22.3 Å². The largest absolute Gasteiger partial charge is 0.493 e. The fourth-order valence-corrected chi connectivity index (χ4v) is 4.83. The maximum Gasteiger partial charge on any atom is 0.490 e. The van der Waals surface area contributed by atoms with E-state index in [9.17, 15) is 18.3 Å². The molecule has 0 saturated carbocycles. The van der Waals surface area contributed by atoms with Crippen molar-refractivity contribution >= 4 is 5.97 Å². The highest BCUT2D eigenvalue weighted by Crippen LogP contribution is 2.41. The van der Waals surface area contributed by atoms with E-state index >= 15 is 0 Å². The minimum absolute atomic E-state index is 0.176. The van der Waals surface area contributed by atoms with E-state index in [2.05, 4.69) is 41.7 Å². The van der Waals surface area contributed by atoms with Gasteiger partial charge in [-0.3, -0.25) is 0 Å². The zero-order valence-corrected chi connectivity index (χ0v) is 19.2. The van der Waals surface area contributed by atoms with Gasteiger partial charge in [-0.15, -0.1) is 0 Å². The molecule has 9 heteroatoms. The van der Waals surface area contributed by atoms with Gasteiger partial charge in [-0.25, -0.2) is 4.79 Å². The lowest BCUT2D eigenvalue weighted by molar-refractivity contribution is -0.192. The van der Waals surface area contributed by atoms with Crippen molar-refractivity contribution in [1.29, 1.82) is 0 Å². The first-order valence-corrected chi connectivity index (χ1v) is 11.1. The number of alkyl halides is 3. The first kappa shape index (κ1) is 25.8. The second-order valence-corrected chi connectivity index (χ2v) is 8.63. The molecule has 6 nitrogen and oxygen atoms in total. The third kappa shape index (κ3) is 5.47. The van der Waals surface area contributed by atoms with Gasteiger partial charge < -0.3 is 25.0 Å². The number of aliphatic hydroxyl groups is 1. The summed E-state index contributed by atoms with van der Waals surface area (Å²) in [6.07, 6.45) is 0.294. The lowest BCUT2D eigenvalue weighted by atomic mass is 9.81. The number of hydrogen-bond donors (Lipinski definition) is 3. The molecule has 0 spiro atoms. The number of aryl methyl sites for hydroxylation is 2.